The van der Waals surface area contributed by atoms with Gasteiger partial charge in [-0.3, -0.25) is 4.79 Å². The molecule has 3 rings (SSSR count). The summed E-state index contributed by atoms with van der Waals surface area (Å²) in [6, 6.07) is 15.0. The summed E-state index contributed by atoms with van der Waals surface area (Å²) in [7, 11) is 0. The number of nitrogens with one attached hydrogen (secondary N) is 1. The lowest BCUT2D eigenvalue weighted by Crippen LogP contribution is -2.02. The fraction of sp³-hybridized carbons (Fsp3) is 0. The number of rotatable bonds is 4. The van der Waals surface area contributed by atoms with Gasteiger partial charge in [0.25, 0.3) is 0 Å². The highest BCUT2D eigenvalue weighted by atomic mass is 32.1. The zero-order chi connectivity index (χ0) is 15.5. The molecular formula is C16H12FN3OS. The van der Waals surface area contributed by atoms with E-state index in [4.69, 9.17) is 5.73 Å². The van der Waals surface area contributed by atoms with Gasteiger partial charge in [0.1, 0.15) is 16.5 Å². The third-order valence-electron chi connectivity index (χ3n) is 2.97. The van der Waals surface area contributed by atoms with Gasteiger partial charge in [0.2, 0.25) is 5.78 Å². The van der Waals surface area contributed by atoms with Gasteiger partial charge < -0.3 is 11.1 Å². The molecule has 1 aromatic heterocycles. The molecule has 3 N–H and O–H groups in total. The quantitative estimate of drug-likeness (QED) is 0.718. The third-order valence-corrected chi connectivity index (χ3v) is 3.96. The summed E-state index contributed by atoms with van der Waals surface area (Å²) in [4.78, 5) is 16.8. The van der Waals surface area contributed by atoms with Crippen molar-refractivity contribution in [3.63, 3.8) is 0 Å². The van der Waals surface area contributed by atoms with E-state index in [9.17, 15) is 9.18 Å². The van der Waals surface area contributed by atoms with Crippen molar-refractivity contribution < 1.29 is 9.18 Å². The van der Waals surface area contributed by atoms with Gasteiger partial charge in [0.05, 0.1) is 0 Å². The summed E-state index contributed by atoms with van der Waals surface area (Å²) in [5, 5.41) is 3.60. The number of nitrogen functional groups attached to an aromatic ring is 1. The largest absolute Gasteiger partial charge is 0.382 e. The van der Waals surface area contributed by atoms with E-state index in [1.165, 1.54) is 18.2 Å². The first-order valence-corrected chi connectivity index (χ1v) is 7.34. The fourth-order valence-electron chi connectivity index (χ4n) is 1.95. The molecule has 110 valence electrons. The molecule has 0 unspecified atom stereocenters. The minimum Gasteiger partial charge on any atom is -0.382 e. The molecule has 4 nitrogen and oxygen atoms in total. The van der Waals surface area contributed by atoms with Gasteiger partial charge in [0.15, 0.2) is 5.13 Å². The molecule has 0 aliphatic heterocycles. The number of halogens is 1. The topological polar surface area (TPSA) is 68.0 Å². The van der Waals surface area contributed by atoms with Crippen molar-refractivity contribution in [2.24, 2.45) is 0 Å². The molecule has 0 bridgehead atoms. The van der Waals surface area contributed by atoms with Crippen LogP contribution in [0.2, 0.25) is 0 Å². The van der Waals surface area contributed by atoms with Crippen LogP contribution in [0.5, 0.6) is 0 Å². The first-order valence-electron chi connectivity index (χ1n) is 6.52. The number of benzene rings is 2. The van der Waals surface area contributed by atoms with Gasteiger partial charge >= 0.3 is 0 Å². The average molecular weight is 313 g/mol. The maximum atomic E-state index is 13.2. The number of thiazole rings is 1. The molecule has 0 fully saturated rings. The van der Waals surface area contributed by atoms with Crippen molar-refractivity contribution in [3.8, 4) is 0 Å². The standard InChI is InChI=1S/C16H12FN3OS/c17-11-6-4-5-10(9-11)13(21)14-15(18)20-16(22-14)19-12-7-2-1-3-8-12/h1-9H,18H2,(H,19,20). The number of anilines is 3. The molecule has 0 atom stereocenters. The van der Waals surface area contributed by atoms with E-state index >= 15 is 0 Å². The lowest BCUT2D eigenvalue weighted by atomic mass is 10.1. The van der Waals surface area contributed by atoms with Crippen LogP contribution in [0.4, 0.5) is 21.0 Å². The Morgan fingerprint density at radius 3 is 2.64 bits per heavy atom. The zero-order valence-electron chi connectivity index (χ0n) is 11.4. The maximum absolute atomic E-state index is 13.2. The maximum Gasteiger partial charge on any atom is 0.206 e. The molecule has 0 saturated carbocycles. The van der Waals surface area contributed by atoms with Crippen molar-refractivity contribution in [1.82, 2.24) is 4.98 Å². The van der Waals surface area contributed by atoms with E-state index < -0.39 is 5.82 Å². The number of aromatic nitrogens is 1. The summed E-state index contributed by atoms with van der Waals surface area (Å²) in [6.07, 6.45) is 0. The molecule has 2 aromatic carbocycles. The van der Waals surface area contributed by atoms with Crippen LogP contribution in [-0.2, 0) is 0 Å². The fourth-order valence-corrected chi connectivity index (χ4v) is 2.82. The molecule has 0 aliphatic carbocycles. The number of para-hydroxylation sites is 1. The first kappa shape index (κ1) is 14.2. The minimum atomic E-state index is -0.462. The van der Waals surface area contributed by atoms with Crippen LogP contribution in [0, 0.1) is 5.82 Å². The van der Waals surface area contributed by atoms with E-state index in [0.29, 0.717) is 10.0 Å². The van der Waals surface area contributed by atoms with E-state index in [1.807, 2.05) is 30.3 Å². The molecule has 0 aliphatic rings. The van der Waals surface area contributed by atoms with Crippen LogP contribution in [-0.4, -0.2) is 10.8 Å². The Morgan fingerprint density at radius 1 is 1.14 bits per heavy atom. The Balaban J connectivity index is 1.88. The zero-order valence-corrected chi connectivity index (χ0v) is 12.2. The summed E-state index contributed by atoms with van der Waals surface area (Å²) < 4.78 is 13.2. The van der Waals surface area contributed by atoms with Crippen LogP contribution >= 0.6 is 11.3 Å². The van der Waals surface area contributed by atoms with Gasteiger partial charge in [-0.05, 0) is 24.3 Å². The van der Waals surface area contributed by atoms with Gasteiger partial charge in [-0.2, -0.15) is 0 Å². The Bertz CT molecular complexity index is 817. The summed E-state index contributed by atoms with van der Waals surface area (Å²) >= 11 is 1.14. The normalized spacial score (nSPS) is 10.4. The van der Waals surface area contributed by atoms with Crippen molar-refractivity contribution in [1.29, 1.82) is 0 Å². The minimum absolute atomic E-state index is 0.137. The second-order valence-electron chi connectivity index (χ2n) is 4.56. The van der Waals surface area contributed by atoms with Gasteiger partial charge in [-0.15, -0.1) is 0 Å². The van der Waals surface area contributed by atoms with E-state index in [2.05, 4.69) is 10.3 Å². The first-order chi connectivity index (χ1) is 10.6. The number of carbonyl (C=O) groups excluding carboxylic acids is 1. The van der Waals surface area contributed by atoms with Crippen molar-refractivity contribution >= 4 is 33.8 Å². The molecule has 0 spiro atoms. The highest BCUT2D eigenvalue weighted by Crippen LogP contribution is 2.29. The smallest absolute Gasteiger partial charge is 0.206 e. The second kappa shape index (κ2) is 5.95. The summed E-state index contributed by atoms with van der Waals surface area (Å²) in [6.45, 7) is 0. The van der Waals surface area contributed by atoms with Gasteiger partial charge in [0, 0.05) is 11.3 Å². The average Bonchev–Trinajstić information content (AvgIpc) is 2.88. The van der Waals surface area contributed by atoms with Crippen molar-refractivity contribution in [2.75, 3.05) is 11.1 Å². The molecule has 0 amide bonds. The number of nitrogens with zero attached hydrogens (tertiary/aromatic N) is 1. The summed E-state index contributed by atoms with van der Waals surface area (Å²) in [5.41, 5.74) is 6.92. The monoisotopic (exact) mass is 313 g/mol. The number of hydrogen-bond acceptors (Lipinski definition) is 5. The Morgan fingerprint density at radius 2 is 1.91 bits per heavy atom. The molecule has 0 radical (unpaired) electrons. The van der Waals surface area contributed by atoms with Crippen LogP contribution in [0.3, 0.4) is 0 Å². The molecule has 3 aromatic rings. The SMILES string of the molecule is Nc1nc(Nc2ccccc2)sc1C(=O)c1cccc(F)c1. The van der Waals surface area contributed by atoms with Gasteiger partial charge in [-0.25, -0.2) is 9.37 Å². The molecule has 22 heavy (non-hydrogen) atoms. The van der Waals surface area contributed by atoms with Gasteiger partial charge in [-0.1, -0.05) is 41.7 Å². The van der Waals surface area contributed by atoms with Crippen LogP contribution < -0.4 is 11.1 Å². The summed E-state index contributed by atoms with van der Waals surface area (Å²) in [5.74, 6) is -0.662. The molecule has 0 saturated heterocycles. The number of carbonyl (C=O) groups is 1. The van der Waals surface area contributed by atoms with Crippen LogP contribution in [0.1, 0.15) is 15.2 Å². The number of hydrogen-bond donors (Lipinski definition) is 2. The van der Waals surface area contributed by atoms with E-state index in [1.54, 1.807) is 6.07 Å². The van der Waals surface area contributed by atoms with Crippen LogP contribution in [0.15, 0.2) is 54.6 Å². The second-order valence-corrected chi connectivity index (χ2v) is 5.56. The lowest BCUT2D eigenvalue weighted by Gasteiger charge is -2.00. The molecular weight excluding hydrogens is 301 g/mol. The third kappa shape index (κ3) is 2.96. The number of ketones is 1. The Labute approximate surface area is 130 Å². The highest BCUT2D eigenvalue weighted by molar-refractivity contribution is 7.18. The van der Waals surface area contributed by atoms with E-state index in [-0.39, 0.29) is 17.2 Å². The Hall–Kier alpha value is -2.73. The van der Waals surface area contributed by atoms with E-state index in [0.717, 1.165) is 17.0 Å². The van der Waals surface area contributed by atoms with Crippen LogP contribution in [0.25, 0.3) is 0 Å². The number of nitrogens with two attached hydrogens (primary N) is 1. The highest BCUT2D eigenvalue weighted by Gasteiger charge is 2.18. The van der Waals surface area contributed by atoms with Crippen molar-refractivity contribution in [2.45, 2.75) is 0 Å². The molecule has 6 heteroatoms. The predicted molar refractivity (Wildman–Crippen MR) is 86.1 cm³/mol. The lowest BCUT2D eigenvalue weighted by molar-refractivity contribution is 0.104. The predicted octanol–water partition coefficient (Wildman–Crippen LogP) is 3.84. The van der Waals surface area contributed by atoms with Crippen molar-refractivity contribution in [3.05, 3.63) is 70.9 Å². The Kier molecular flexibility index (Phi) is 3.84. The molecule has 1 heterocycles.